The summed E-state index contributed by atoms with van der Waals surface area (Å²) in [7, 11) is 0. The molecule has 1 aliphatic rings. The molecular weight excluding hydrogens is 239 g/mol. The molecule has 0 N–H and O–H groups in total. The van der Waals surface area contributed by atoms with Crippen molar-refractivity contribution < 1.29 is 9.18 Å². The van der Waals surface area contributed by atoms with Crippen LogP contribution in [0.2, 0.25) is 0 Å². The third-order valence-electron chi connectivity index (χ3n) is 4.31. The third-order valence-corrected chi connectivity index (χ3v) is 4.31. The van der Waals surface area contributed by atoms with Crippen molar-refractivity contribution in [3.8, 4) is 0 Å². The molecule has 1 fully saturated rings. The predicted molar refractivity (Wildman–Crippen MR) is 75.5 cm³/mol. The summed E-state index contributed by atoms with van der Waals surface area (Å²) in [5, 5.41) is 0. The normalized spacial score (nSPS) is 18.5. The first kappa shape index (κ1) is 14.2. The van der Waals surface area contributed by atoms with Crippen LogP contribution in [-0.2, 0) is 11.2 Å². The van der Waals surface area contributed by atoms with Crippen LogP contribution in [-0.4, -0.2) is 5.78 Å². The summed E-state index contributed by atoms with van der Waals surface area (Å²) in [6.07, 6.45) is 6.25. The van der Waals surface area contributed by atoms with Gasteiger partial charge in [-0.3, -0.25) is 4.79 Å². The van der Waals surface area contributed by atoms with E-state index in [2.05, 4.69) is 0 Å². The maximum absolute atomic E-state index is 13.0. The summed E-state index contributed by atoms with van der Waals surface area (Å²) in [6.45, 7) is 3.98. The predicted octanol–water partition coefficient (Wildman–Crippen LogP) is 4.54. The summed E-state index contributed by atoms with van der Waals surface area (Å²) in [5.41, 5.74) is 0.877. The first-order valence-corrected chi connectivity index (χ1v) is 7.32. The van der Waals surface area contributed by atoms with E-state index in [0.717, 1.165) is 37.7 Å². The molecule has 19 heavy (non-hydrogen) atoms. The quantitative estimate of drug-likeness (QED) is 0.778. The summed E-state index contributed by atoms with van der Waals surface area (Å²) in [6, 6.07) is 6.62. The fraction of sp³-hybridized carbons (Fsp3) is 0.588. The van der Waals surface area contributed by atoms with Crippen LogP contribution >= 0.6 is 0 Å². The van der Waals surface area contributed by atoms with Gasteiger partial charge in [-0.05, 0) is 37.0 Å². The molecule has 0 aliphatic heterocycles. The van der Waals surface area contributed by atoms with Crippen molar-refractivity contribution in [2.75, 3.05) is 0 Å². The molecule has 0 heterocycles. The zero-order valence-corrected chi connectivity index (χ0v) is 11.9. The summed E-state index contributed by atoms with van der Waals surface area (Å²) in [5.74, 6) is 0.256. The second kappa shape index (κ2) is 5.85. The Morgan fingerprint density at radius 1 is 1.16 bits per heavy atom. The van der Waals surface area contributed by atoms with Gasteiger partial charge in [-0.1, -0.05) is 45.2 Å². The van der Waals surface area contributed by atoms with Gasteiger partial charge in [0.25, 0.3) is 0 Å². The Kier molecular flexibility index (Phi) is 4.38. The van der Waals surface area contributed by atoms with Crippen molar-refractivity contribution in [2.45, 2.75) is 52.4 Å². The number of hydrogen-bond donors (Lipinski definition) is 0. The first-order valence-electron chi connectivity index (χ1n) is 7.32. The molecule has 2 rings (SSSR count). The van der Waals surface area contributed by atoms with Crippen LogP contribution in [0.5, 0.6) is 0 Å². The van der Waals surface area contributed by atoms with Crippen molar-refractivity contribution in [3.63, 3.8) is 0 Å². The van der Waals surface area contributed by atoms with Gasteiger partial charge in [-0.15, -0.1) is 0 Å². The Labute approximate surface area is 115 Å². The van der Waals surface area contributed by atoms with E-state index in [9.17, 15) is 9.18 Å². The maximum Gasteiger partial charge on any atom is 0.141 e. The highest BCUT2D eigenvalue weighted by Crippen LogP contribution is 2.41. The second-order valence-electron chi connectivity index (χ2n) is 6.16. The molecule has 0 radical (unpaired) electrons. The van der Waals surface area contributed by atoms with E-state index in [-0.39, 0.29) is 17.2 Å². The number of ketones is 1. The standard InChI is InChI=1S/C17H23FO/c1-13(2)16(19)17(10-4-3-5-11-17)12-14-6-8-15(18)9-7-14/h6-9,13H,3-5,10-12H2,1-2H3. The third kappa shape index (κ3) is 3.23. The van der Waals surface area contributed by atoms with E-state index in [0.29, 0.717) is 5.78 Å². The highest BCUT2D eigenvalue weighted by Gasteiger charge is 2.40. The van der Waals surface area contributed by atoms with E-state index in [4.69, 9.17) is 0 Å². The minimum Gasteiger partial charge on any atom is -0.299 e. The molecule has 0 unspecified atom stereocenters. The molecule has 104 valence electrons. The average molecular weight is 262 g/mol. The van der Waals surface area contributed by atoms with Gasteiger partial charge >= 0.3 is 0 Å². The molecule has 0 bridgehead atoms. The summed E-state index contributed by atoms with van der Waals surface area (Å²) < 4.78 is 13.0. The SMILES string of the molecule is CC(C)C(=O)C1(Cc2ccc(F)cc2)CCCCC1. The minimum atomic E-state index is -0.211. The molecule has 0 amide bonds. The maximum atomic E-state index is 13.0. The van der Waals surface area contributed by atoms with Crippen LogP contribution in [0.3, 0.4) is 0 Å². The number of carbonyl (C=O) groups is 1. The van der Waals surface area contributed by atoms with Crippen molar-refractivity contribution >= 4 is 5.78 Å². The number of carbonyl (C=O) groups excluding carboxylic acids is 1. The number of hydrogen-bond acceptors (Lipinski definition) is 1. The lowest BCUT2D eigenvalue weighted by Crippen LogP contribution is -2.38. The Bertz CT molecular complexity index is 427. The molecule has 0 aromatic heterocycles. The van der Waals surface area contributed by atoms with E-state index >= 15 is 0 Å². The Hall–Kier alpha value is -1.18. The smallest absolute Gasteiger partial charge is 0.141 e. The van der Waals surface area contributed by atoms with Gasteiger partial charge in [0, 0.05) is 11.3 Å². The van der Waals surface area contributed by atoms with Gasteiger partial charge < -0.3 is 0 Å². The molecule has 1 aromatic carbocycles. The zero-order chi connectivity index (χ0) is 13.9. The van der Waals surface area contributed by atoms with E-state index < -0.39 is 0 Å². The number of benzene rings is 1. The van der Waals surface area contributed by atoms with Crippen molar-refractivity contribution in [3.05, 3.63) is 35.6 Å². The Morgan fingerprint density at radius 3 is 2.26 bits per heavy atom. The molecular formula is C17H23FO. The van der Waals surface area contributed by atoms with Crippen LogP contribution in [0, 0.1) is 17.2 Å². The lowest BCUT2D eigenvalue weighted by molar-refractivity contribution is -0.133. The summed E-state index contributed by atoms with van der Waals surface area (Å²) in [4.78, 5) is 12.6. The van der Waals surface area contributed by atoms with Crippen LogP contribution in [0.15, 0.2) is 24.3 Å². The highest BCUT2D eigenvalue weighted by molar-refractivity contribution is 5.86. The van der Waals surface area contributed by atoms with Gasteiger partial charge in [-0.25, -0.2) is 4.39 Å². The lowest BCUT2D eigenvalue weighted by atomic mass is 9.65. The molecule has 0 spiro atoms. The molecule has 1 aromatic rings. The average Bonchev–Trinajstić information content (AvgIpc) is 2.41. The Morgan fingerprint density at radius 2 is 1.74 bits per heavy atom. The highest BCUT2D eigenvalue weighted by atomic mass is 19.1. The number of halogens is 1. The van der Waals surface area contributed by atoms with Crippen molar-refractivity contribution in [2.24, 2.45) is 11.3 Å². The van der Waals surface area contributed by atoms with E-state index in [1.807, 2.05) is 26.0 Å². The lowest BCUT2D eigenvalue weighted by Gasteiger charge is -2.37. The van der Waals surface area contributed by atoms with E-state index in [1.54, 1.807) is 0 Å². The molecule has 1 saturated carbocycles. The molecule has 2 heteroatoms. The van der Waals surface area contributed by atoms with Gasteiger partial charge in [0.1, 0.15) is 11.6 Å². The monoisotopic (exact) mass is 262 g/mol. The van der Waals surface area contributed by atoms with Gasteiger partial charge in [0.15, 0.2) is 0 Å². The minimum absolute atomic E-state index is 0.0820. The fourth-order valence-electron chi connectivity index (χ4n) is 3.34. The molecule has 0 saturated heterocycles. The van der Waals surface area contributed by atoms with Crippen LogP contribution in [0.25, 0.3) is 0 Å². The van der Waals surface area contributed by atoms with Gasteiger partial charge in [-0.2, -0.15) is 0 Å². The molecule has 1 nitrogen and oxygen atoms in total. The molecule has 0 atom stereocenters. The number of rotatable bonds is 4. The first-order chi connectivity index (χ1) is 9.03. The molecule has 1 aliphatic carbocycles. The topological polar surface area (TPSA) is 17.1 Å². The van der Waals surface area contributed by atoms with Crippen molar-refractivity contribution in [1.82, 2.24) is 0 Å². The van der Waals surface area contributed by atoms with Crippen LogP contribution in [0.4, 0.5) is 4.39 Å². The largest absolute Gasteiger partial charge is 0.299 e. The second-order valence-corrected chi connectivity index (χ2v) is 6.16. The van der Waals surface area contributed by atoms with Gasteiger partial charge in [0.05, 0.1) is 0 Å². The van der Waals surface area contributed by atoms with Crippen LogP contribution in [0.1, 0.15) is 51.5 Å². The zero-order valence-electron chi connectivity index (χ0n) is 11.9. The number of Topliss-reactive ketones (excluding diaryl/α,β-unsaturated/α-hetero) is 1. The van der Waals surface area contributed by atoms with Crippen LogP contribution < -0.4 is 0 Å². The Balaban J connectivity index is 2.22. The fourth-order valence-corrected chi connectivity index (χ4v) is 3.34. The van der Waals surface area contributed by atoms with Gasteiger partial charge in [0.2, 0.25) is 0 Å². The summed E-state index contributed by atoms with van der Waals surface area (Å²) >= 11 is 0. The van der Waals surface area contributed by atoms with E-state index in [1.165, 1.54) is 18.6 Å². The van der Waals surface area contributed by atoms with Crippen molar-refractivity contribution in [1.29, 1.82) is 0 Å².